The van der Waals surface area contributed by atoms with Gasteiger partial charge >= 0.3 is 0 Å². The Kier molecular flexibility index (Phi) is 4.36. The van der Waals surface area contributed by atoms with Gasteiger partial charge in [-0.1, -0.05) is 31.9 Å². The highest BCUT2D eigenvalue weighted by molar-refractivity contribution is 9.11. The summed E-state index contributed by atoms with van der Waals surface area (Å²) < 4.78 is 1.78. The van der Waals surface area contributed by atoms with Gasteiger partial charge < -0.3 is 10.2 Å². The van der Waals surface area contributed by atoms with E-state index in [1.54, 1.807) is 0 Å². The van der Waals surface area contributed by atoms with Gasteiger partial charge in [0, 0.05) is 40.1 Å². The fourth-order valence-electron chi connectivity index (χ4n) is 3.15. The summed E-state index contributed by atoms with van der Waals surface area (Å²) in [7, 11) is 0. The van der Waals surface area contributed by atoms with Crippen LogP contribution in [0.4, 0.5) is 0 Å². The second-order valence-electron chi connectivity index (χ2n) is 5.67. The van der Waals surface area contributed by atoms with Gasteiger partial charge in [-0.2, -0.15) is 0 Å². The number of fused-ring (bicyclic) bond motifs is 1. The number of nitrogens with zero attached hydrogens (tertiary/aromatic N) is 1. The molecular weight excluding hydrogens is 400 g/mol. The van der Waals surface area contributed by atoms with Crippen molar-refractivity contribution in [2.24, 2.45) is 5.92 Å². The van der Waals surface area contributed by atoms with Crippen LogP contribution in [0.25, 0.3) is 0 Å². The molecule has 3 rings (SSSR count). The molecule has 6 heteroatoms. The Hall–Kier alpha value is -0.880. The van der Waals surface area contributed by atoms with Crippen molar-refractivity contribution in [3.05, 3.63) is 32.7 Å². The molecule has 112 valence electrons. The van der Waals surface area contributed by atoms with E-state index in [0.717, 1.165) is 28.3 Å². The van der Waals surface area contributed by atoms with Gasteiger partial charge in [-0.3, -0.25) is 9.59 Å². The molecule has 0 aliphatic carbocycles. The Morgan fingerprint density at radius 3 is 2.62 bits per heavy atom. The number of hydrogen-bond donors (Lipinski definition) is 1. The molecule has 1 aromatic rings. The first-order chi connectivity index (χ1) is 10.0. The molecule has 0 radical (unpaired) electrons. The molecule has 1 aromatic carbocycles. The number of likely N-dealkylation sites (tertiary alicyclic amines) is 1. The van der Waals surface area contributed by atoms with Crippen LogP contribution in [0.5, 0.6) is 0 Å². The number of rotatable bonds is 1. The standard InChI is InChI=1S/C15H16Br2N2O2/c16-11-5-10(6-12(17)7-11)15(21)19-4-3-13-9(8-19)1-2-14(20)18-13/h5-7,9,13H,1-4,8H2,(H,18,20). The molecule has 21 heavy (non-hydrogen) atoms. The van der Waals surface area contributed by atoms with Crippen molar-refractivity contribution in [1.29, 1.82) is 0 Å². The number of nitrogens with one attached hydrogen (secondary N) is 1. The van der Waals surface area contributed by atoms with E-state index in [4.69, 9.17) is 0 Å². The van der Waals surface area contributed by atoms with Crippen LogP contribution in [0.15, 0.2) is 27.1 Å². The quantitative estimate of drug-likeness (QED) is 0.766. The summed E-state index contributed by atoms with van der Waals surface area (Å²) >= 11 is 6.84. The molecule has 1 N–H and O–H groups in total. The third-order valence-corrected chi connectivity index (χ3v) is 5.13. The van der Waals surface area contributed by atoms with Crippen molar-refractivity contribution in [3.8, 4) is 0 Å². The van der Waals surface area contributed by atoms with Gasteiger partial charge in [-0.15, -0.1) is 0 Å². The molecule has 0 saturated carbocycles. The molecule has 4 nitrogen and oxygen atoms in total. The summed E-state index contributed by atoms with van der Waals surface area (Å²) in [6.07, 6.45) is 2.30. The molecule has 0 bridgehead atoms. The summed E-state index contributed by atoms with van der Waals surface area (Å²) in [5.41, 5.74) is 0.689. The highest BCUT2D eigenvalue weighted by atomic mass is 79.9. The molecule has 2 aliphatic heterocycles. The van der Waals surface area contributed by atoms with Gasteiger partial charge in [0.1, 0.15) is 0 Å². The van der Waals surface area contributed by atoms with Gasteiger partial charge in [-0.05, 0) is 37.0 Å². The van der Waals surface area contributed by atoms with Gasteiger partial charge in [0.25, 0.3) is 5.91 Å². The van der Waals surface area contributed by atoms with Crippen molar-refractivity contribution < 1.29 is 9.59 Å². The average Bonchev–Trinajstić information content (AvgIpc) is 2.45. The predicted octanol–water partition coefficient (Wildman–Crippen LogP) is 2.95. The SMILES string of the molecule is O=C1CCC2CN(C(=O)c3cc(Br)cc(Br)c3)CCC2N1. The second kappa shape index (κ2) is 6.08. The van der Waals surface area contributed by atoms with Gasteiger partial charge in [0.05, 0.1) is 0 Å². The molecule has 2 aliphatic rings. The van der Waals surface area contributed by atoms with E-state index in [1.165, 1.54) is 0 Å². The number of piperidine rings is 2. The highest BCUT2D eigenvalue weighted by Gasteiger charge is 2.35. The first-order valence-corrected chi connectivity index (χ1v) is 8.66. The first kappa shape index (κ1) is 15.0. The number of hydrogen-bond acceptors (Lipinski definition) is 2. The van der Waals surface area contributed by atoms with Gasteiger partial charge in [-0.25, -0.2) is 0 Å². The smallest absolute Gasteiger partial charge is 0.253 e. The zero-order valence-corrected chi connectivity index (χ0v) is 14.6. The maximum atomic E-state index is 12.6. The zero-order chi connectivity index (χ0) is 15.0. The second-order valence-corrected chi connectivity index (χ2v) is 7.50. The number of carbonyl (C=O) groups is 2. The van der Waals surface area contributed by atoms with E-state index in [2.05, 4.69) is 37.2 Å². The Bertz CT molecular complexity index is 571. The Morgan fingerprint density at radius 2 is 1.90 bits per heavy atom. The van der Waals surface area contributed by atoms with Gasteiger partial charge in [0.15, 0.2) is 0 Å². The molecule has 2 heterocycles. The minimum atomic E-state index is 0.0624. The summed E-state index contributed by atoms with van der Waals surface area (Å²) in [4.78, 5) is 26.0. The lowest BCUT2D eigenvalue weighted by Gasteiger charge is -2.41. The van der Waals surface area contributed by atoms with Crippen LogP contribution in [-0.2, 0) is 4.79 Å². The third kappa shape index (κ3) is 3.31. The largest absolute Gasteiger partial charge is 0.353 e. The van der Waals surface area contributed by atoms with E-state index in [9.17, 15) is 9.59 Å². The minimum absolute atomic E-state index is 0.0624. The molecule has 2 saturated heterocycles. The van der Waals surface area contributed by atoms with E-state index >= 15 is 0 Å². The Labute approximate surface area is 140 Å². The highest BCUT2D eigenvalue weighted by Crippen LogP contribution is 2.27. The van der Waals surface area contributed by atoms with E-state index in [0.29, 0.717) is 24.4 Å². The molecule has 2 unspecified atom stereocenters. The lowest BCUT2D eigenvalue weighted by Crippen LogP contribution is -2.55. The van der Waals surface area contributed by atoms with Crippen LogP contribution in [0.3, 0.4) is 0 Å². The summed E-state index contributed by atoms with van der Waals surface area (Å²) in [6, 6.07) is 5.85. The summed E-state index contributed by atoms with van der Waals surface area (Å²) in [5.74, 6) is 0.593. The summed E-state index contributed by atoms with van der Waals surface area (Å²) in [5, 5.41) is 3.04. The number of amides is 2. The van der Waals surface area contributed by atoms with E-state index in [1.807, 2.05) is 23.1 Å². The molecule has 2 atom stereocenters. The lowest BCUT2D eigenvalue weighted by molar-refractivity contribution is -0.125. The van der Waals surface area contributed by atoms with Crippen LogP contribution >= 0.6 is 31.9 Å². The molecule has 2 amide bonds. The first-order valence-electron chi connectivity index (χ1n) is 7.07. The maximum Gasteiger partial charge on any atom is 0.253 e. The zero-order valence-electron chi connectivity index (χ0n) is 11.4. The van der Waals surface area contributed by atoms with E-state index < -0.39 is 0 Å². The van der Waals surface area contributed by atoms with Crippen LogP contribution in [0.2, 0.25) is 0 Å². The predicted molar refractivity (Wildman–Crippen MR) is 87.0 cm³/mol. The monoisotopic (exact) mass is 414 g/mol. The van der Waals surface area contributed by atoms with Crippen LogP contribution in [0, 0.1) is 5.92 Å². The number of benzene rings is 1. The fourth-order valence-corrected chi connectivity index (χ4v) is 4.45. The van der Waals surface area contributed by atoms with Crippen molar-refractivity contribution in [2.75, 3.05) is 13.1 Å². The van der Waals surface area contributed by atoms with Crippen LogP contribution < -0.4 is 5.32 Å². The topological polar surface area (TPSA) is 49.4 Å². The van der Waals surface area contributed by atoms with Crippen molar-refractivity contribution in [1.82, 2.24) is 10.2 Å². The van der Waals surface area contributed by atoms with Crippen LogP contribution in [-0.4, -0.2) is 35.8 Å². The Balaban J connectivity index is 1.73. The average molecular weight is 416 g/mol. The van der Waals surface area contributed by atoms with Crippen molar-refractivity contribution >= 4 is 43.7 Å². The fraction of sp³-hybridized carbons (Fsp3) is 0.467. The normalized spacial score (nSPS) is 25.2. The lowest BCUT2D eigenvalue weighted by atomic mass is 9.85. The summed E-state index contributed by atoms with van der Waals surface area (Å²) in [6.45, 7) is 1.43. The molecule has 0 aromatic heterocycles. The maximum absolute atomic E-state index is 12.6. The van der Waals surface area contributed by atoms with Gasteiger partial charge in [0.2, 0.25) is 5.91 Å². The number of carbonyl (C=O) groups excluding carboxylic acids is 2. The van der Waals surface area contributed by atoms with Crippen molar-refractivity contribution in [2.45, 2.75) is 25.3 Å². The molecule has 2 fully saturated rings. The minimum Gasteiger partial charge on any atom is -0.353 e. The van der Waals surface area contributed by atoms with Crippen molar-refractivity contribution in [3.63, 3.8) is 0 Å². The van der Waals surface area contributed by atoms with Crippen LogP contribution in [0.1, 0.15) is 29.6 Å². The number of halogens is 2. The molecular formula is C15H16Br2N2O2. The third-order valence-electron chi connectivity index (χ3n) is 4.22. The molecule has 0 spiro atoms. The van der Waals surface area contributed by atoms with E-state index in [-0.39, 0.29) is 17.9 Å². The Morgan fingerprint density at radius 1 is 1.19 bits per heavy atom.